The molecular weight excluding hydrogens is 402 g/mol. The number of benzene rings is 2. The fourth-order valence-electron chi connectivity index (χ4n) is 3.08. The highest BCUT2D eigenvalue weighted by atomic mass is 35.5. The van der Waals surface area contributed by atoms with Crippen LogP contribution in [0.4, 0.5) is 5.69 Å². The van der Waals surface area contributed by atoms with E-state index < -0.39 is 31.6 Å². The summed E-state index contributed by atoms with van der Waals surface area (Å²) in [4.78, 5) is 13.2. The quantitative estimate of drug-likeness (QED) is 0.324. The number of hydrogen-bond donors (Lipinski definition) is 2. The predicted octanol–water partition coefficient (Wildman–Crippen LogP) is 4.20. The first-order valence-corrected chi connectivity index (χ1v) is 10.3. The third-order valence-electron chi connectivity index (χ3n) is 4.32. The number of nitro groups is 1. The van der Waals surface area contributed by atoms with Crippen LogP contribution in [-0.4, -0.2) is 24.4 Å². The second kappa shape index (κ2) is 8.14. The molecule has 7 nitrogen and oxygen atoms in total. The molecule has 0 fully saturated rings. The van der Waals surface area contributed by atoms with Gasteiger partial charge < -0.3 is 4.98 Å². The normalized spacial score (nSPS) is 12.8. The molecule has 3 aromatic rings. The number of para-hydroxylation sites is 1. The van der Waals surface area contributed by atoms with Crippen molar-refractivity contribution in [2.75, 3.05) is 0 Å². The highest BCUT2D eigenvalue weighted by molar-refractivity contribution is 7.89. The Morgan fingerprint density at radius 1 is 1.29 bits per heavy atom. The summed E-state index contributed by atoms with van der Waals surface area (Å²) in [5.74, 6) is 0. The molecule has 146 valence electrons. The van der Waals surface area contributed by atoms with E-state index in [1.165, 1.54) is 6.07 Å². The van der Waals surface area contributed by atoms with Crippen molar-refractivity contribution in [3.05, 3.63) is 82.0 Å². The van der Waals surface area contributed by atoms with Gasteiger partial charge in [0.05, 0.1) is 4.92 Å². The lowest BCUT2D eigenvalue weighted by Gasteiger charge is -2.17. The molecule has 1 heterocycles. The Morgan fingerprint density at radius 2 is 2.04 bits per heavy atom. The zero-order valence-corrected chi connectivity index (χ0v) is 16.3. The molecule has 0 saturated heterocycles. The number of nitro benzene ring substituents is 1. The highest BCUT2D eigenvalue weighted by Gasteiger charge is 2.28. The smallest absolute Gasteiger partial charge is 0.290 e. The van der Waals surface area contributed by atoms with Crippen LogP contribution in [0.3, 0.4) is 0 Å². The lowest BCUT2D eigenvalue weighted by atomic mass is 10.0. The van der Waals surface area contributed by atoms with Crippen LogP contribution in [0.15, 0.2) is 66.2 Å². The average Bonchev–Trinajstić information content (AvgIpc) is 3.04. The molecule has 9 heteroatoms. The molecule has 0 radical (unpaired) electrons. The van der Waals surface area contributed by atoms with Crippen LogP contribution < -0.4 is 4.72 Å². The molecule has 3 rings (SSSR count). The van der Waals surface area contributed by atoms with Gasteiger partial charge in [-0.3, -0.25) is 10.1 Å². The Morgan fingerprint density at radius 3 is 2.75 bits per heavy atom. The monoisotopic (exact) mass is 419 g/mol. The van der Waals surface area contributed by atoms with Crippen LogP contribution in [0.2, 0.25) is 5.02 Å². The van der Waals surface area contributed by atoms with Gasteiger partial charge in [-0.15, -0.1) is 6.58 Å². The van der Waals surface area contributed by atoms with Gasteiger partial charge in [-0.1, -0.05) is 35.9 Å². The third kappa shape index (κ3) is 4.24. The first kappa shape index (κ1) is 20.1. The fraction of sp³-hybridized carbons (Fsp3) is 0.158. The lowest BCUT2D eigenvalue weighted by molar-refractivity contribution is -0.387. The molecule has 0 aliphatic heterocycles. The summed E-state index contributed by atoms with van der Waals surface area (Å²) in [7, 11) is -4.14. The minimum Gasteiger partial charge on any atom is -0.361 e. The SMILES string of the molecule is C=CC[C@@H](Cc1c[nH]c2ccccc12)NS(=O)(=O)c1ccc(Cl)cc1[N+](=O)[O-]. The van der Waals surface area contributed by atoms with Gasteiger partial charge in [0.1, 0.15) is 0 Å². The number of halogens is 1. The van der Waals surface area contributed by atoms with E-state index in [0.717, 1.165) is 28.6 Å². The van der Waals surface area contributed by atoms with Crippen molar-refractivity contribution in [1.29, 1.82) is 0 Å². The number of nitrogens with one attached hydrogen (secondary N) is 2. The maximum absolute atomic E-state index is 12.8. The van der Waals surface area contributed by atoms with Gasteiger partial charge in [0, 0.05) is 34.2 Å². The van der Waals surface area contributed by atoms with E-state index in [2.05, 4.69) is 16.3 Å². The van der Waals surface area contributed by atoms with Crippen molar-refractivity contribution in [1.82, 2.24) is 9.71 Å². The van der Waals surface area contributed by atoms with Gasteiger partial charge in [0.2, 0.25) is 10.0 Å². The van der Waals surface area contributed by atoms with Crippen LogP contribution in [-0.2, 0) is 16.4 Å². The van der Waals surface area contributed by atoms with Crippen molar-refractivity contribution in [2.45, 2.75) is 23.8 Å². The summed E-state index contributed by atoms with van der Waals surface area (Å²) in [6.07, 6.45) is 4.20. The van der Waals surface area contributed by atoms with Gasteiger partial charge in [-0.2, -0.15) is 0 Å². The topological polar surface area (TPSA) is 105 Å². The van der Waals surface area contributed by atoms with Crippen LogP contribution in [0.5, 0.6) is 0 Å². The molecule has 0 saturated carbocycles. The maximum Gasteiger partial charge on any atom is 0.290 e. The molecular formula is C19H18ClN3O4S. The van der Waals surface area contributed by atoms with Crippen molar-refractivity contribution in [3.63, 3.8) is 0 Å². The average molecular weight is 420 g/mol. The Labute approximate surface area is 167 Å². The molecule has 0 aliphatic carbocycles. The number of sulfonamides is 1. The molecule has 0 spiro atoms. The number of aromatic amines is 1. The summed E-state index contributed by atoms with van der Waals surface area (Å²) >= 11 is 5.78. The number of hydrogen-bond acceptors (Lipinski definition) is 4. The first-order valence-electron chi connectivity index (χ1n) is 8.44. The van der Waals surface area contributed by atoms with Crippen molar-refractivity contribution in [3.8, 4) is 0 Å². The summed E-state index contributed by atoms with van der Waals surface area (Å²) in [5.41, 5.74) is 1.33. The molecule has 1 aromatic heterocycles. The van der Waals surface area contributed by atoms with E-state index >= 15 is 0 Å². The van der Waals surface area contributed by atoms with E-state index in [1.807, 2.05) is 30.5 Å². The van der Waals surface area contributed by atoms with E-state index in [1.54, 1.807) is 6.08 Å². The van der Waals surface area contributed by atoms with Crippen LogP contribution in [0, 0.1) is 10.1 Å². The Kier molecular flexibility index (Phi) is 5.83. The summed E-state index contributed by atoms with van der Waals surface area (Å²) < 4.78 is 28.3. The van der Waals surface area contributed by atoms with Crippen molar-refractivity contribution in [2.24, 2.45) is 0 Å². The van der Waals surface area contributed by atoms with Crippen molar-refractivity contribution >= 4 is 38.2 Å². The molecule has 2 aromatic carbocycles. The number of rotatable bonds is 8. The molecule has 0 aliphatic rings. The number of aromatic nitrogens is 1. The minimum absolute atomic E-state index is 0.0899. The van der Waals surface area contributed by atoms with Crippen molar-refractivity contribution < 1.29 is 13.3 Å². The largest absolute Gasteiger partial charge is 0.361 e. The molecule has 2 N–H and O–H groups in total. The first-order chi connectivity index (χ1) is 13.3. The van der Waals surface area contributed by atoms with Crippen LogP contribution >= 0.6 is 11.6 Å². The number of fused-ring (bicyclic) bond motifs is 1. The Hall–Kier alpha value is -2.68. The summed E-state index contributed by atoms with van der Waals surface area (Å²) in [5, 5.41) is 12.4. The van der Waals surface area contributed by atoms with Gasteiger partial charge in [-0.25, -0.2) is 13.1 Å². The summed E-state index contributed by atoms with van der Waals surface area (Å²) in [6, 6.07) is 10.7. The fourth-order valence-corrected chi connectivity index (χ4v) is 4.65. The molecule has 28 heavy (non-hydrogen) atoms. The Balaban J connectivity index is 1.92. The number of nitrogens with zero attached hydrogens (tertiary/aromatic N) is 1. The van der Waals surface area contributed by atoms with Gasteiger partial charge >= 0.3 is 0 Å². The molecule has 0 bridgehead atoms. The van der Waals surface area contributed by atoms with Crippen LogP contribution in [0.25, 0.3) is 10.9 Å². The maximum atomic E-state index is 12.8. The van der Waals surface area contributed by atoms with Gasteiger partial charge in [-0.05, 0) is 36.6 Å². The Bertz CT molecular complexity index is 1140. The second-order valence-electron chi connectivity index (χ2n) is 6.28. The van der Waals surface area contributed by atoms with Crippen LogP contribution in [0.1, 0.15) is 12.0 Å². The molecule has 1 atom stereocenters. The molecule has 0 unspecified atom stereocenters. The zero-order valence-electron chi connectivity index (χ0n) is 14.8. The lowest BCUT2D eigenvalue weighted by Crippen LogP contribution is -2.36. The zero-order chi connectivity index (χ0) is 20.3. The predicted molar refractivity (Wildman–Crippen MR) is 109 cm³/mol. The highest BCUT2D eigenvalue weighted by Crippen LogP contribution is 2.28. The minimum atomic E-state index is -4.14. The molecule has 0 amide bonds. The summed E-state index contributed by atoms with van der Waals surface area (Å²) in [6.45, 7) is 3.68. The second-order valence-corrected chi connectivity index (χ2v) is 8.39. The van der Waals surface area contributed by atoms with E-state index in [9.17, 15) is 18.5 Å². The van der Waals surface area contributed by atoms with Gasteiger partial charge in [0.15, 0.2) is 4.90 Å². The van der Waals surface area contributed by atoms with E-state index in [-0.39, 0.29) is 5.02 Å². The van der Waals surface area contributed by atoms with Gasteiger partial charge in [0.25, 0.3) is 5.69 Å². The van der Waals surface area contributed by atoms with E-state index in [4.69, 9.17) is 11.6 Å². The van der Waals surface area contributed by atoms with E-state index in [0.29, 0.717) is 12.8 Å². The standard InChI is InChI=1S/C19H18ClN3O4S/c1-2-5-15(10-13-12-21-17-7-4-3-6-16(13)17)22-28(26,27)19-9-8-14(20)11-18(19)23(24)25/h2-4,6-9,11-12,15,21-22H,1,5,10H2/t15-/m0/s1. The number of H-pyrrole nitrogens is 1. The third-order valence-corrected chi connectivity index (χ3v) is 6.12.